The van der Waals surface area contributed by atoms with E-state index in [1.54, 1.807) is 38.1 Å². The first kappa shape index (κ1) is 15.2. The second-order valence-corrected chi connectivity index (χ2v) is 5.32. The topological polar surface area (TPSA) is 85.3 Å². The van der Waals surface area contributed by atoms with E-state index < -0.39 is 29.4 Å². The number of hydrogen-bond acceptors (Lipinski definition) is 6. The zero-order chi connectivity index (χ0) is 16.8. The van der Waals surface area contributed by atoms with Gasteiger partial charge in [0.1, 0.15) is 0 Å². The number of amides is 2. The Morgan fingerprint density at radius 3 is 2.74 bits per heavy atom. The van der Waals surface area contributed by atoms with E-state index >= 15 is 0 Å². The highest BCUT2D eigenvalue weighted by Crippen LogP contribution is 2.48. The van der Waals surface area contributed by atoms with E-state index in [9.17, 15) is 14.4 Å². The van der Waals surface area contributed by atoms with Crippen molar-refractivity contribution in [3.05, 3.63) is 29.8 Å². The van der Waals surface area contributed by atoms with Crippen molar-refractivity contribution in [1.29, 1.82) is 0 Å². The Kier molecular flexibility index (Phi) is 3.43. The molecule has 0 bridgehead atoms. The fraction of sp³-hybridized carbons (Fsp3) is 0.375. The van der Waals surface area contributed by atoms with Gasteiger partial charge in [-0.2, -0.15) is 0 Å². The summed E-state index contributed by atoms with van der Waals surface area (Å²) in [4.78, 5) is 42.4. The van der Waals surface area contributed by atoms with Crippen molar-refractivity contribution in [2.75, 3.05) is 11.5 Å². The van der Waals surface area contributed by atoms with Crippen LogP contribution in [-0.2, 0) is 29.5 Å². The Balaban J connectivity index is 2.19. The number of aliphatic imine (C=N–C) groups is 1. The number of carbonyl (C=O) groups excluding carboxylic acids is 3. The number of nitrogens with zero attached hydrogens (tertiary/aromatic N) is 2. The van der Waals surface area contributed by atoms with Crippen molar-refractivity contribution in [1.82, 2.24) is 0 Å². The average molecular weight is 316 g/mol. The average Bonchev–Trinajstić information content (AvgIpc) is 2.97. The second-order valence-electron chi connectivity index (χ2n) is 5.32. The number of anilines is 1. The van der Waals surface area contributed by atoms with E-state index in [1.165, 1.54) is 6.92 Å². The van der Waals surface area contributed by atoms with Crippen LogP contribution < -0.4 is 4.90 Å². The number of rotatable bonds is 2. The van der Waals surface area contributed by atoms with Crippen LogP contribution in [0.3, 0.4) is 0 Å². The minimum Gasteiger partial charge on any atom is -0.464 e. The number of imide groups is 1. The predicted molar refractivity (Wildman–Crippen MR) is 80.9 cm³/mol. The highest BCUT2D eigenvalue weighted by molar-refractivity contribution is 6.24. The highest BCUT2D eigenvalue weighted by atomic mass is 16.6. The van der Waals surface area contributed by atoms with E-state index in [1.807, 2.05) is 0 Å². The molecule has 1 spiro atoms. The molecule has 0 saturated carbocycles. The van der Waals surface area contributed by atoms with Gasteiger partial charge in [0.25, 0.3) is 5.91 Å². The number of ether oxygens (including phenoxy) is 2. The van der Waals surface area contributed by atoms with Gasteiger partial charge >= 0.3 is 5.97 Å². The van der Waals surface area contributed by atoms with Crippen LogP contribution in [0.4, 0.5) is 5.69 Å². The van der Waals surface area contributed by atoms with Gasteiger partial charge in [0.05, 0.1) is 12.3 Å². The van der Waals surface area contributed by atoms with Crippen molar-refractivity contribution in [2.45, 2.75) is 32.4 Å². The molecule has 23 heavy (non-hydrogen) atoms. The molecule has 1 aromatic carbocycles. The van der Waals surface area contributed by atoms with Gasteiger partial charge in [0, 0.05) is 19.4 Å². The summed E-state index contributed by atoms with van der Waals surface area (Å²) in [6.07, 6.45) is 0. The number of carbonyl (C=O) groups is 3. The van der Waals surface area contributed by atoms with Gasteiger partial charge in [-0.05, 0) is 13.0 Å². The third-order valence-corrected chi connectivity index (χ3v) is 3.90. The fourth-order valence-electron chi connectivity index (χ4n) is 3.08. The molecule has 0 aliphatic carbocycles. The van der Waals surface area contributed by atoms with Crippen LogP contribution in [0.1, 0.15) is 26.3 Å². The van der Waals surface area contributed by atoms with E-state index in [2.05, 4.69) is 4.99 Å². The number of esters is 1. The monoisotopic (exact) mass is 316 g/mol. The van der Waals surface area contributed by atoms with Crippen LogP contribution >= 0.6 is 0 Å². The Hall–Kier alpha value is -2.70. The SMILES string of the molecule is CCOC(=O)C1N=C(C)OC12C(=O)N(C(C)=O)c1ccccc12. The molecule has 0 N–H and O–H groups in total. The van der Waals surface area contributed by atoms with Crippen LogP contribution in [0.15, 0.2) is 29.3 Å². The highest BCUT2D eigenvalue weighted by Gasteiger charge is 2.64. The smallest absolute Gasteiger partial charge is 0.336 e. The fourth-order valence-corrected chi connectivity index (χ4v) is 3.08. The molecule has 2 atom stereocenters. The first-order valence-corrected chi connectivity index (χ1v) is 7.28. The Labute approximate surface area is 132 Å². The van der Waals surface area contributed by atoms with Crippen LogP contribution in [0.5, 0.6) is 0 Å². The van der Waals surface area contributed by atoms with Gasteiger partial charge in [-0.1, -0.05) is 18.2 Å². The van der Waals surface area contributed by atoms with E-state index in [4.69, 9.17) is 9.47 Å². The molecular formula is C16H16N2O5. The quantitative estimate of drug-likeness (QED) is 0.764. The summed E-state index contributed by atoms with van der Waals surface area (Å²) < 4.78 is 10.8. The van der Waals surface area contributed by atoms with Crippen molar-refractivity contribution < 1.29 is 23.9 Å². The predicted octanol–water partition coefficient (Wildman–Crippen LogP) is 1.16. The van der Waals surface area contributed by atoms with Crippen molar-refractivity contribution >= 4 is 29.4 Å². The summed E-state index contributed by atoms with van der Waals surface area (Å²) in [5, 5.41) is 0. The lowest BCUT2D eigenvalue weighted by atomic mass is 9.88. The third kappa shape index (κ3) is 1.96. The number of benzene rings is 1. The standard InChI is InChI=1S/C16H16N2O5/c1-4-22-14(20)13-16(23-9(2)17-13)11-7-5-6-8-12(11)18(10(3)19)15(16)21/h5-8,13H,4H2,1-3H3. The van der Waals surface area contributed by atoms with Crippen molar-refractivity contribution in [2.24, 2.45) is 4.99 Å². The Bertz CT molecular complexity index is 742. The number of fused-ring (bicyclic) bond motifs is 2. The van der Waals surface area contributed by atoms with Gasteiger partial charge in [-0.3, -0.25) is 9.59 Å². The van der Waals surface area contributed by atoms with Crippen LogP contribution in [0, 0.1) is 0 Å². The lowest BCUT2D eigenvalue weighted by Crippen LogP contribution is -2.51. The van der Waals surface area contributed by atoms with Gasteiger partial charge in [0.2, 0.25) is 17.6 Å². The molecule has 2 aliphatic rings. The molecule has 7 heteroatoms. The Morgan fingerprint density at radius 2 is 2.09 bits per heavy atom. The maximum absolute atomic E-state index is 13.0. The zero-order valence-corrected chi connectivity index (χ0v) is 13.0. The summed E-state index contributed by atoms with van der Waals surface area (Å²) in [6, 6.07) is 5.57. The zero-order valence-electron chi connectivity index (χ0n) is 13.0. The molecule has 2 heterocycles. The number of para-hydroxylation sites is 1. The molecule has 1 aromatic rings. The van der Waals surface area contributed by atoms with Gasteiger partial charge < -0.3 is 9.47 Å². The lowest BCUT2D eigenvalue weighted by Gasteiger charge is -2.26. The van der Waals surface area contributed by atoms with E-state index in [0.717, 1.165) is 4.90 Å². The summed E-state index contributed by atoms with van der Waals surface area (Å²) in [6.45, 7) is 4.68. The van der Waals surface area contributed by atoms with Crippen molar-refractivity contribution in [3.63, 3.8) is 0 Å². The first-order chi connectivity index (χ1) is 10.9. The molecule has 3 rings (SSSR count). The summed E-state index contributed by atoms with van der Waals surface area (Å²) in [7, 11) is 0. The van der Waals surface area contributed by atoms with Gasteiger partial charge in [-0.25, -0.2) is 14.7 Å². The summed E-state index contributed by atoms with van der Waals surface area (Å²) >= 11 is 0. The van der Waals surface area contributed by atoms with Crippen LogP contribution in [-0.4, -0.2) is 36.3 Å². The maximum atomic E-state index is 13.0. The lowest BCUT2D eigenvalue weighted by molar-refractivity contribution is -0.155. The molecule has 2 aliphatic heterocycles. The molecule has 0 aromatic heterocycles. The molecule has 0 fully saturated rings. The summed E-state index contributed by atoms with van der Waals surface area (Å²) in [5.74, 6) is -1.52. The third-order valence-electron chi connectivity index (χ3n) is 3.90. The normalized spacial score (nSPS) is 25.2. The minimum absolute atomic E-state index is 0.159. The first-order valence-electron chi connectivity index (χ1n) is 7.28. The molecule has 2 amide bonds. The van der Waals surface area contributed by atoms with Crippen molar-refractivity contribution in [3.8, 4) is 0 Å². The minimum atomic E-state index is -1.67. The molecule has 0 radical (unpaired) electrons. The maximum Gasteiger partial charge on any atom is 0.336 e. The molecule has 7 nitrogen and oxygen atoms in total. The Morgan fingerprint density at radius 1 is 1.39 bits per heavy atom. The molecule has 120 valence electrons. The van der Waals surface area contributed by atoms with E-state index in [-0.39, 0.29) is 12.5 Å². The molecular weight excluding hydrogens is 300 g/mol. The van der Waals surface area contributed by atoms with Crippen LogP contribution in [0.2, 0.25) is 0 Å². The van der Waals surface area contributed by atoms with E-state index in [0.29, 0.717) is 11.3 Å². The van der Waals surface area contributed by atoms with Gasteiger partial charge in [-0.15, -0.1) is 0 Å². The second kappa shape index (κ2) is 5.19. The largest absolute Gasteiger partial charge is 0.464 e. The van der Waals surface area contributed by atoms with Gasteiger partial charge in [0.15, 0.2) is 5.90 Å². The molecule has 0 saturated heterocycles. The molecule has 2 unspecified atom stereocenters. The number of hydrogen-bond donors (Lipinski definition) is 0. The summed E-state index contributed by atoms with van der Waals surface area (Å²) in [5.41, 5.74) is -0.818. The van der Waals surface area contributed by atoms with Crippen LogP contribution in [0.25, 0.3) is 0 Å².